The van der Waals surface area contributed by atoms with Crippen molar-refractivity contribution >= 4 is 15.7 Å². The van der Waals surface area contributed by atoms with E-state index in [0.29, 0.717) is 25.7 Å². The summed E-state index contributed by atoms with van der Waals surface area (Å²) in [6.07, 6.45) is 0.415. The third-order valence-corrected chi connectivity index (χ3v) is 3.24. The average molecular weight is 261 g/mol. The molecule has 98 valence electrons. The molecule has 1 rings (SSSR count). The molecule has 0 saturated carbocycles. The SMILES string of the molecule is CO[SiH2]CCCOCC(O)CNc1nn[nH]n1. The first-order valence-corrected chi connectivity index (χ1v) is 7.12. The van der Waals surface area contributed by atoms with Gasteiger partial charge in [-0.3, -0.25) is 0 Å². The lowest BCUT2D eigenvalue weighted by Gasteiger charge is -2.11. The number of hydrogen-bond donors (Lipinski definition) is 3. The van der Waals surface area contributed by atoms with Crippen molar-refractivity contribution in [3.63, 3.8) is 0 Å². The quantitative estimate of drug-likeness (QED) is 0.349. The number of aliphatic hydroxyl groups excluding tert-OH is 1. The number of aromatic nitrogens is 4. The molecule has 0 aliphatic carbocycles. The number of hydrogen-bond acceptors (Lipinski definition) is 7. The maximum atomic E-state index is 9.56. The van der Waals surface area contributed by atoms with Crippen LogP contribution in [0.25, 0.3) is 0 Å². The number of aromatic amines is 1. The van der Waals surface area contributed by atoms with Crippen LogP contribution in [0.5, 0.6) is 0 Å². The van der Waals surface area contributed by atoms with Gasteiger partial charge in [0.25, 0.3) is 5.95 Å². The molecule has 0 aliphatic rings. The zero-order valence-electron chi connectivity index (χ0n) is 9.93. The van der Waals surface area contributed by atoms with Crippen LogP contribution in [0, 0.1) is 0 Å². The highest BCUT2D eigenvalue weighted by atomic mass is 28.2. The number of H-pyrrole nitrogens is 1. The Kier molecular flexibility index (Phi) is 7.46. The lowest BCUT2D eigenvalue weighted by atomic mass is 10.4. The van der Waals surface area contributed by atoms with Crippen LogP contribution in [0.1, 0.15) is 6.42 Å². The summed E-state index contributed by atoms with van der Waals surface area (Å²) >= 11 is 0. The van der Waals surface area contributed by atoms with E-state index in [2.05, 4.69) is 25.9 Å². The minimum Gasteiger partial charge on any atom is -0.427 e. The Morgan fingerprint density at radius 3 is 3.18 bits per heavy atom. The molecular weight excluding hydrogens is 242 g/mol. The van der Waals surface area contributed by atoms with Gasteiger partial charge < -0.3 is 19.6 Å². The minimum atomic E-state index is -0.576. The van der Waals surface area contributed by atoms with E-state index in [1.54, 1.807) is 7.11 Å². The van der Waals surface area contributed by atoms with E-state index in [9.17, 15) is 5.11 Å². The zero-order chi connectivity index (χ0) is 12.3. The summed E-state index contributed by atoms with van der Waals surface area (Å²) in [5.74, 6) is 0.371. The fourth-order valence-electron chi connectivity index (χ4n) is 1.17. The van der Waals surface area contributed by atoms with Crippen molar-refractivity contribution < 1.29 is 14.3 Å². The molecule has 0 radical (unpaired) electrons. The van der Waals surface area contributed by atoms with Crippen LogP contribution in [-0.2, 0) is 9.16 Å². The first-order chi connectivity index (χ1) is 8.33. The minimum absolute atomic E-state index is 0.305. The summed E-state index contributed by atoms with van der Waals surface area (Å²) in [5, 5.41) is 25.5. The van der Waals surface area contributed by atoms with Gasteiger partial charge in [0.2, 0.25) is 0 Å². The van der Waals surface area contributed by atoms with Gasteiger partial charge in [0, 0.05) is 20.3 Å². The van der Waals surface area contributed by atoms with Crippen LogP contribution in [-0.4, -0.2) is 68.5 Å². The second-order valence-corrected chi connectivity index (χ2v) is 5.24. The van der Waals surface area contributed by atoms with E-state index in [-0.39, 0.29) is 9.76 Å². The van der Waals surface area contributed by atoms with E-state index < -0.39 is 6.10 Å². The molecule has 0 aliphatic heterocycles. The fourth-order valence-corrected chi connectivity index (χ4v) is 1.87. The van der Waals surface area contributed by atoms with Gasteiger partial charge in [-0.15, -0.1) is 5.10 Å². The van der Waals surface area contributed by atoms with Crippen LogP contribution in [0.2, 0.25) is 6.04 Å². The van der Waals surface area contributed by atoms with Gasteiger partial charge in [0.1, 0.15) is 0 Å². The van der Waals surface area contributed by atoms with Gasteiger partial charge in [-0.25, -0.2) is 0 Å². The Bertz CT molecular complexity index is 274. The van der Waals surface area contributed by atoms with Crippen LogP contribution < -0.4 is 5.32 Å². The van der Waals surface area contributed by atoms with Gasteiger partial charge in [0.05, 0.1) is 12.7 Å². The summed E-state index contributed by atoms with van der Waals surface area (Å²) in [7, 11) is 1.39. The van der Waals surface area contributed by atoms with Crippen LogP contribution in [0.4, 0.5) is 5.95 Å². The molecule has 1 aromatic rings. The number of nitrogens with one attached hydrogen (secondary N) is 2. The molecule has 1 heterocycles. The summed E-state index contributed by atoms with van der Waals surface area (Å²) in [5.41, 5.74) is 0. The number of rotatable bonds is 10. The molecular formula is C8H19N5O3Si. The lowest BCUT2D eigenvalue weighted by molar-refractivity contribution is 0.0435. The molecule has 3 N–H and O–H groups in total. The molecule has 1 aromatic heterocycles. The van der Waals surface area contributed by atoms with E-state index >= 15 is 0 Å². The Labute approximate surface area is 102 Å². The lowest BCUT2D eigenvalue weighted by Crippen LogP contribution is -2.25. The number of ether oxygens (including phenoxy) is 1. The Balaban J connectivity index is 1.92. The van der Waals surface area contributed by atoms with Gasteiger partial charge in [-0.1, -0.05) is 5.10 Å². The summed E-state index contributed by atoms with van der Waals surface area (Å²) in [6, 6.07) is 1.10. The summed E-state index contributed by atoms with van der Waals surface area (Å²) in [6.45, 7) is 1.31. The van der Waals surface area contributed by atoms with E-state index in [1.807, 2.05) is 0 Å². The Morgan fingerprint density at radius 2 is 2.47 bits per heavy atom. The van der Waals surface area contributed by atoms with Crippen molar-refractivity contribution in [2.45, 2.75) is 18.6 Å². The van der Waals surface area contributed by atoms with Crippen molar-refractivity contribution in [2.24, 2.45) is 0 Å². The van der Waals surface area contributed by atoms with E-state index in [4.69, 9.17) is 9.16 Å². The third-order valence-electron chi connectivity index (χ3n) is 2.04. The molecule has 0 amide bonds. The first kappa shape index (κ1) is 14.0. The highest BCUT2D eigenvalue weighted by Gasteiger charge is 2.05. The van der Waals surface area contributed by atoms with Crippen LogP contribution in [0.15, 0.2) is 0 Å². The normalized spacial score (nSPS) is 13.3. The molecule has 0 fully saturated rings. The second-order valence-electron chi connectivity index (χ2n) is 3.54. The average Bonchev–Trinajstić information content (AvgIpc) is 2.84. The molecule has 8 nitrogen and oxygen atoms in total. The summed E-state index contributed by atoms with van der Waals surface area (Å²) in [4.78, 5) is 0. The molecule has 0 saturated heterocycles. The number of tetrazole rings is 1. The number of anilines is 1. The van der Waals surface area contributed by atoms with Gasteiger partial charge in [0.15, 0.2) is 9.76 Å². The zero-order valence-corrected chi connectivity index (χ0v) is 11.3. The van der Waals surface area contributed by atoms with Gasteiger partial charge in [-0.2, -0.15) is 5.21 Å². The Morgan fingerprint density at radius 1 is 1.59 bits per heavy atom. The molecule has 0 bridgehead atoms. The summed E-state index contributed by atoms with van der Waals surface area (Å²) < 4.78 is 10.4. The van der Waals surface area contributed by atoms with Crippen LogP contribution in [0.3, 0.4) is 0 Å². The number of aliphatic hydroxyl groups is 1. The molecule has 0 spiro atoms. The Hall–Kier alpha value is -1.03. The maximum Gasteiger partial charge on any atom is 0.263 e. The molecule has 17 heavy (non-hydrogen) atoms. The molecule has 9 heteroatoms. The van der Waals surface area contributed by atoms with Crippen molar-refractivity contribution in [1.82, 2.24) is 20.6 Å². The maximum absolute atomic E-state index is 9.56. The van der Waals surface area contributed by atoms with Crippen molar-refractivity contribution in [1.29, 1.82) is 0 Å². The monoisotopic (exact) mass is 261 g/mol. The van der Waals surface area contributed by atoms with Crippen LogP contribution >= 0.6 is 0 Å². The molecule has 1 atom stereocenters. The van der Waals surface area contributed by atoms with E-state index in [1.165, 1.54) is 0 Å². The van der Waals surface area contributed by atoms with E-state index in [0.717, 1.165) is 12.5 Å². The highest BCUT2D eigenvalue weighted by Crippen LogP contribution is 1.94. The second kappa shape index (κ2) is 9.04. The largest absolute Gasteiger partial charge is 0.427 e. The van der Waals surface area contributed by atoms with Crippen molar-refractivity contribution in [3.05, 3.63) is 0 Å². The highest BCUT2D eigenvalue weighted by molar-refractivity contribution is 6.26. The first-order valence-electron chi connectivity index (χ1n) is 5.55. The standard InChI is InChI=1S/C8H19N5O3Si/c1-15-17-4-2-3-16-6-7(14)5-9-8-10-12-13-11-8/h7,14H,2-6,17H2,1H3,(H2,9,10,11,12,13). The topological polar surface area (TPSA) is 105 Å². The molecule has 1 unspecified atom stereocenters. The van der Waals surface area contributed by atoms with Gasteiger partial charge in [-0.05, 0) is 17.7 Å². The van der Waals surface area contributed by atoms with Crippen molar-refractivity contribution in [2.75, 3.05) is 32.2 Å². The van der Waals surface area contributed by atoms with Gasteiger partial charge >= 0.3 is 0 Å². The predicted molar refractivity (Wildman–Crippen MR) is 64.5 cm³/mol. The smallest absolute Gasteiger partial charge is 0.263 e. The third kappa shape index (κ3) is 7.00. The molecule has 0 aromatic carbocycles. The number of nitrogens with zero attached hydrogens (tertiary/aromatic N) is 3. The van der Waals surface area contributed by atoms with Crippen molar-refractivity contribution in [3.8, 4) is 0 Å². The predicted octanol–water partition coefficient (Wildman–Crippen LogP) is -1.47. The fraction of sp³-hybridized carbons (Fsp3) is 0.875.